The molecule has 1 saturated carbocycles. The molecule has 0 bridgehead atoms. The summed E-state index contributed by atoms with van der Waals surface area (Å²) in [5, 5.41) is 9.00. The van der Waals surface area contributed by atoms with E-state index < -0.39 is 12.0 Å². The molecule has 0 radical (unpaired) electrons. The van der Waals surface area contributed by atoms with E-state index in [4.69, 9.17) is 0 Å². The third-order valence-corrected chi connectivity index (χ3v) is 6.37. The number of esters is 1. The van der Waals surface area contributed by atoms with Crippen LogP contribution in [0.3, 0.4) is 0 Å². The molecule has 0 unspecified atom stereocenters. The van der Waals surface area contributed by atoms with Gasteiger partial charge in [0.05, 0.1) is 22.9 Å². The highest BCUT2D eigenvalue weighted by Gasteiger charge is 2.22. The number of methoxy groups -OCH3 is 1. The first-order valence-corrected chi connectivity index (χ1v) is 11.3. The average Bonchev–Trinajstić information content (AvgIpc) is 3.21. The molecule has 1 heterocycles. The molecule has 3 aromatic rings. The maximum absolute atomic E-state index is 12.5. The molecule has 8 nitrogen and oxygen atoms in total. The maximum Gasteiger partial charge on any atom is 0.337 e. The van der Waals surface area contributed by atoms with Crippen molar-refractivity contribution in [2.45, 2.75) is 32.1 Å². The van der Waals surface area contributed by atoms with Crippen LogP contribution in [0.15, 0.2) is 42.5 Å². The highest BCUT2D eigenvalue weighted by molar-refractivity contribution is 7.22. The number of aromatic nitrogens is 1. The molecular weight excluding hydrogens is 428 g/mol. The number of rotatable bonds is 5. The monoisotopic (exact) mass is 452 g/mol. The Bertz CT molecular complexity index is 1140. The van der Waals surface area contributed by atoms with Crippen LogP contribution < -0.4 is 16.0 Å². The van der Waals surface area contributed by atoms with Gasteiger partial charge in [0, 0.05) is 17.3 Å². The van der Waals surface area contributed by atoms with Gasteiger partial charge in [-0.1, -0.05) is 30.6 Å². The molecule has 3 amide bonds. The largest absolute Gasteiger partial charge is 0.465 e. The first kappa shape index (κ1) is 21.8. The second-order valence-electron chi connectivity index (χ2n) is 7.67. The summed E-state index contributed by atoms with van der Waals surface area (Å²) in [6.45, 7) is 0. The molecule has 0 aliphatic heterocycles. The van der Waals surface area contributed by atoms with Gasteiger partial charge in [-0.05, 0) is 55.3 Å². The maximum atomic E-state index is 12.5. The van der Waals surface area contributed by atoms with Crippen molar-refractivity contribution in [3.63, 3.8) is 0 Å². The van der Waals surface area contributed by atoms with Crippen molar-refractivity contribution >= 4 is 56.0 Å². The van der Waals surface area contributed by atoms with Crippen LogP contribution in [0.1, 0.15) is 42.5 Å². The van der Waals surface area contributed by atoms with Crippen molar-refractivity contribution < 1.29 is 19.1 Å². The van der Waals surface area contributed by atoms with Gasteiger partial charge in [-0.25, -0.2) is 14.6 Å². The normalized spacial score (nSPS) is 14.0. The van der Waals surface area contributed by atoms with Gasteiger partial charge in [-0.15, -0.1) is 0 Å². The third kappa shape index (κ3) is 5.23. The van der Waals surface area contributed by atoms with Gasteiger partial charge in [-0.2, -0.15) is 0 Å². The van der Waals surface area contributed by atoms with E-state index in [0.717, 1.165) is 30.4 Å². The average molecular weight is 453 g/mol. The number of hydrogen-bond acceptors (Lipinski definition) is 6. The Morgan fingerprint density at radius 2 is 1.62 bits per heavy atom. The minimum atomic E-state index is -0.438. The van der Waals surface area contributed by atoms with Crippen LogP contribution in [0.2, 0.25) is 0 Å². The van der Waals surface area contributed by atoms with Gasteiger partial charge in [-0.3, -0.25) is 4.79 Å². The summed E-state index contributed by atoms with van der Waals surface area (Å²) in [7, 11) is 1.31. The predicted octanol–water partition coefficient (Wildman–Crippen LogP) is 5.25. The summed E-state index contributed by atoms with van der Waals surface area (Å²) in [6, 6.07) is 11.4. The second kappa shape index (κ2) is 9.78. The quantitative estimate of drug-likeness (QED) is 0.458. The Kier molecular flexibility index (Phi) is 6.65. The van der Waals surface area contributed by atoms with Crippen LogP contribution in [0.25, 0.3) is 10.2 Å². The standard InChI is InChI=1S/C23H24N4O4S/c1-31-21(29)15-7-9-16(10-8-15)24-22(30)25-17-11-12-19-18(13-17)26-23(32-19)27-20(28)14-5-3-2-4-6-14/h7-14H,2-6H2,1H3,(H2,24,25,30)(H,26,27,28). The highest BCUT2D eigenvalue weighted by atomic mass is 32.1. The summed E-state index contributed by atoms with van der Waals surface area (Å²) >= 11 is 1.42. The van der Waals surface area contributed by atoms with Crippen LogP contribution in [-0.4, -0.2) is 30.0 Å². The molecule has 3 N–H and O–H groups in total. The molecule has 0 saturated heterocycles. The molecule has 166 valence electrons. The molecule has 1 aromatic heterocycles. The van der Waals surface area contributed by atoms with Crippen LogP contribution >= 0.6 is 11.3 Å². The number of fused-ring (bicyclic) bond motifs is 1. The predicted molar refractivity (Wildman–Crippen MR) is 125 cm³/mol. The third-order valence-electron chi connectivity index (χ3n) is 5.42. The molecule has 1 fully saturated rings. The van der Waals surface area contributed by atoms with Crippen molar-refractivity contribution in [3.8, 4) is 0 Å². The smallest absolute Gasteiger partial charge is 0.337 e. The lowest BCUT2D eigenvalue weighted by Crippen LogP contribution is -2.24. The summed E-state index contributed by atoms with van der Waals surface area (Å²) in [5.74, 6) is -0.329. The lowest BCUT2D eigenvalue weighted by Gasteiger charge is -2.19. The number of carbonyl (C=O) groups excluding carboxylic acids is 3. The molecule has 4 rings (SSSR count). The minimum Gasteiger partial charge on any atom is -0.465 e. The number of ether oxygens (including phenoxy) is 1. The van der Waals surface area contributed by atoms with Crippen molar-refractivity contribution in [3.05, 3.63) is 48.0 Å². The first-order chi connectivity index (χ1) is 15.5. The number of anilines is 3. The highest BCUT2D eigenvalue weighted by Crippen LogP contribution is 2.30. The number of benzene rings is 2. The van der Waals surface area contributed by atoms with Gasteiger partial charge in [0.2, 0.25) is 5.91 Å². The number of amides is 3. The van der Waals surface area contributed by atoms with E-state index in [0.29, 0.717) is 27.6 Å². The number of carbonyl (C=O) groups is 3. The van der Waals surface area contributed by atoms with E-state index in [1.54, 1.807) is 36.4 Å². The fourth-order valence-corrected chi connectivity index (χ4v) is 4.58. The Morgan fingerprint density at radius 1 is 0.938 bits per heavy atom. The molecule has 32 heavy (non-hydrogen) atoms. The first-order valence-electron chi connectivity index (χ1n) is 10.5. The number of nitrogens with one attached hydrogen (secondary N) is 3. The number of thiazole rings is 1. The zero-order chi connectivity index (χ0) is 22.5. The van der Waals surface area contributed by atoms with Crippen molar-refractivity contribution in [2.24, 2.45) is 5.92 Å². The molecule has 1 aliphatic carbocycles. The van der Waals surface area contributed by atoms with E-state index in [9.17, 15) is 14.4 Å². The number of urea groups is 1. The fourth-order valence-electron chi connectivity index (χ4n) is 3.73. The topological polar surface area (TPSA) is 109 Å². The minimum absolute atomic E-state index is 0.0414. The zero-order valence-electron chi connectivity index (χ0n) is 17.6. The Balaban J connectivity index is 1.37. The van der Waals surface area contributed by atoms with Gasteiger partial charge in [0.1, 0.15) is 0 Å². The van der Waals surface area contributed by atoms with E-state index in [1.165, 1.54) is 24.9 Å². The van der Waals surface area contributed by atoms with Gasteiger partial charge >= 0.3 is 12.0 Å². The van der Waals surface area contributed by atoms with Crippen LogP contribution in [-0.2, 0) is 9.53 Å². The van der Waals surface area contributed by atoms with E-state index >= 15 is 0 Å². The zero-order valence-corrected chi connectivity index (χ0v) is 18.5. The Hall–Kier alpha value is -3.46. The molecule has 2 aromatic carbocycles. The van der Waals surface area contributed by atoms with Gasteiger partial charge < -0.3 is 20.7 Å². The summed E-state index contributed by atoms with van der Waals surface area (Å²) in [4.78, 5) is 40.8. The van der Waals surface area contributed by atoms with Crippen molar-refractivity contribution in [1.82, 2.24) is 4.98 Å². The number of nitrogens with zero attached hydrogens (tertiary/aromatic N) is 1. The molecule has 0 spiro atoms. The summed E-state index contributed by atoms with van der Waals surface area (Å²) in [6.07, 6.45) is 5.28. The lowest BCUT2D eigenvalue weighted by atomic mass is 9.89. The van der Waals surface area contributed by atoms with E-state index in [2.05, 4.69) is 25.7 Å². The van der Waals surface area contributed by atoms with Crippen molar-refractivity contribution in [1.29, 1.82) is 0 Å². The van der Waals surface area contributed by atoms with Gasteiger partial charge in [0.25, 0.3) is 0 Å². The SMILES string of the molecule is COC(=O)c1ccc(NC(=O)Nc2ccc3sc(NC(=O)C4CCCCC4)nc3c2)cc1. The molecule has 1 aliphatic rings. The van der Waals surface area contributed by atoms with Gasteiger partial charge in [0.15, 0.2) is 5.13 Å². The van der Waals surface area contributed by atoms with Crippen molar-refractivity contribution in [2.75, 3.05) is 23.1 Å². The van der Waals surface area contributed by atoms with Crippen LogP contribution in [0.4, 0.5) is 21.3 Å². The number of hydrogen-bond donors (Lipinski definition) is 3. The van der Waals surface area contributed by atoms with Crippen LogP contribution in [0, 0.1) is 5.92 Å². The Morgan fingerprint density at radius 3 is 2.34 bits per heavy atom. The molecule has 0 atom stereocenters. The van der Waals surface area contributed by atoms with E-state index in [1.807, 2.05) is 6.07 Å². The molecular formula is C23H24N4O4S. The lowest BCUT2D eigenvalue weighted by molar-refractivity contribution is -0.120. The summed E-state index contributed by atoms with van der Waals surface area (Å²) < 4.78 is 5.58. The van der Waals surface area contributed by atoms with E-state index in [-0.39, 0.29) is 11.8 Å². The molecule has 9 heteroatoms. The Labute approximate surface area is 189 Å². The van der Waals surface area contributed by atoms with Crippen LogP contribution in [0.5, 0.6) is 0 Å². The fraction of sp³-hybridized carbons (Fsp3) is 0.304. The summed E-state index contributed by atoms with van der Waals surface area (Å²) in [5.41, 5.74) is 2.22. The second-order valence-corrected chi connectivity index (χ2v) is 8.70.